The number of nitrogens with zero attached hydrogens (tertiary/aromatic N) is 9. The lowest BCUT2D eigenvalue weighted by molar-refractivity contribution is 0.302. The Hall–Kier alpha value is -5.80. The van der Waals surface area contributed by atoms with Crippen LogP contribution in [0.3, 0.4) is 0 Å². The highest BCUT2D eigenvalue weighted by Crippen LogP contribution is 2.32. The number of aromatic nitrogens is 6. The molecule has 0 fully saturated rings. The summed E-state index contributed by atoms with van der Waals surface area (Å²) >= 11 is 0. The Balaban J connectivity index is 1.59. The van der Waals surface area contributed by atoms with Gasteiger partial charge < -0.3 is 25.6 Å². The van der Waals surface area contributed by atoms with Crippen molar-refractivity contribution < 1.29 is 25.6 Å². The summed E-state index contributed by atoms with van der Waals surface area (Å²) in [6.07, 6.45) is 2.45. The molecule has 5 rings (SSSR count). The van der Waals surface area contributed by atoms with Crippen molar-refractivity contribution in [3.8, 4) is 34.4 Å². The van der Waals surface area contributed by atoms with Crippen LogP contribution in [0.25, 0.3) is 22.4 Å². The molecule has 2 aromatic carbocycles. The minimum Gasteiger partial charge on any atom is -0.508 e. The molecule has 1 aliphatic heterocycles. The lowest BCUT2D eigenvalue weighted by Crippen LogP contribution is -2.10. The van der Waals surface area contributed by atoms with Crippen LogP contribution < -0.4 is 5.36 Å². The van der Waals surface area contributed by atoms with E-state index < -0.39 is 0 Å². The molecule has 0 radical (unpaired) electrons. The maximum atomic E-state index is 11.7. The molecule has 3 aromatic rings. The van der Waals surface area contributed by atoms with E-state index in [1.165, 1.54) is 36.7 Å². The van der Waals surface area contributed by atoms with E-state index in [1.807, 2.05) is 0 Å². The number of nitroso groups, excluding NO2 is 1. The third kappa shape index (κ3) is 3.79. The van der Waals surface area contributed by atoms with E-state index in [4.69, 9.17) is 0 Å². The van der Waals surface area contributed by atoms with Crippen molar-refractivity contribution in [1.29, 1.82) is 0 Å². The molecule has 6 N–H and O–H groups in total. The van der Waals surface area contributed by atoms with Gasteiger partial charge in [0.1, 0.15) is 45.4 Å². The third-order valence-electron chi connectivity index (χ3n) is 4.98. The van der Waals surface area contributed by atoms with Gasteiger partial charge >= 0.3 is 0 Å². The van der Waals surface area contributed by atoms with Gasteiger partial charge in [-0.15, -0.1) is 30.4 Å². The quantitative estimate of drug-likeness (QED) is 0.0901. The van der Waals surface area contributed by atoms with Gasteiger partial charge in [-0.05, 0) is 29.4 Å². The van der Waals surface area contributed by atoms with Crippen LogP contribution >= 0.6 is 0 Å². The van der Waals surface area contributed by atoms with Gasteiger partial charge in [-0.1, -0.05) is 15.0 Å². The minimum absolute atomic E-state index is 0.0149. The number of benzene rings is 3. The maximum Gasteiger partial charge on any atom is 0.165 e. The van der Waals surface area contributed by atoms with E-state index in [-0.39, 0.29) is 67.6 Å². The van der Waals surface area contributed by atoms with Crippen LogP contribution in [0.5, 0.6) is 23.0 Å². The zero-order valence-corrected chi connectivity index (χ0v) is 17.8. The average molecular weight is 490 g/mol. The van der Waals surface area contributed by atoms with Gasteiger partial charge in [-0.2, -0.15) is 0 Å². The average Bonchev–Trinajstić information content (AvgIpc) is 3.45. The van der Waals surface area contributed by atoms with Gasteiger partial charge in [0, 0.05) is 23.3 Å². The lowest BCUT2D eigenvalue weighted by atomic mass is 10.1. The number of rotatable bonds is 5. The van der Waals surface area contributed by atoms with Crippen LogP contribution in [0.15, 0.2) is 56.9 Å². The number of fused-ring (bicyclic) bond motifs is 2. The Morgan fingerprint density at radius 1 is 0.833 bits per heavy atom. The first-order valence-corrected chi connectivity index (χ1v) is 9.94. The number of hydrogen-bond acceptors (Lipinski definition) is 13. The van der Waals surface area contributed by atoms with E-state index in [0.29, 0.717) is 0 Å². The van der Waals surface area contributed by atoms with Crippen molar-refractivity contribution >= 4 is 29.1 Å². The van der Waals surface area contributed by atoms with Crippen LogP contribution in [0, 0.1) is 4.91 Å². The number of nitrogens with one attached hydrogen (secondary N) is 1. The number of phenolic OH excluding ortho intramolecular Hbond substituents is 4. The molecule has 16 nitrogen and oxygen atoms in total. The zero-order chi connectivity index (χ0) is 25.4. The van der Waals surface area contributed by atoms with Crippen molar-refractivity contribution in [3.63, 3.8) is 0 Å². The van der Waals surface area contributed by atoms with E-state index >= 15 is 0 Å². The molecule has 1 aliphatic carbocycles. The van der Waals surface area contributed by atoms with Crippen LogP contribution in [0.4, 0.5) is 5.69 Å². The van der Waals surface area contributed by atoms with E-state index in [0.717, 1.165) is 21.9 Å². The van der Waals surface area contributed by atoms with Crippen LogP contribution in [0.1, 0.15) is 11.1 Å². The molecule has 180 valence electrons. The molecule has 0 saturated carbocycles. The molecule has 36 heavy (non-hydrogen) atoms. The van der Waals surface area contributed by atoms with Crippen molar-refractivity contribution in [3.05, 3.63) is 57.8 Å². The van der Waals surface area contributed by atoms with E-state index in [9.17, 15) is 30.5 Å². The van der Waals surface area contributed by atoms with Crippen LogP contribution in [-0.2, 0) is 0 Å². The Morgan fingerprint density at radius 2 is 1.44 bits per heavy atom. The molecule has 0 amide bonds. The number of phenols is 4. The molecule has 2 aliphatic rings. The van der Waals surface area contributed by atoms with Crippen LogP contribution in [0.2, 0.25) is 0 Å². The van der Waals surface area contributed by atoms with Crippen molar-refractivity contribution in [1.82, 2.24) is 30.2 Å². The predicted octanol–water partition coefficient (Wildman–Crippen LogP) is 1.34. The summed E-state index contributed by atoms with van der Waals surface area (Å²) in [7, 11) is 0. The molecular weight excluding hydrogens is 476 g/mol. The number of aromatic amines is 1. The monoisotopic (exact) mass is 490 g/mol. The molecule has 2 heterocycles. The fourth-order valence-electron chi connectivity index (χ4n) is 3.30. The van der Waals surface area contributed by atoms with Crippen molar-refractivity contribution in [2.75, 3.05) is 0 Å². The Kier molecular flexibility index (Phi) is 5.21. The second kappa shape index (κ2) is 8.52. The number of H-pyrrole nitrogens is 1. The molecule has 0 bridgehead atoms. The van der Waals surface area contributed by atoms with Gasteiger partial charge in [-0.25, -0.2) is 0 Å². The summed E-state index contributed by atoms with van der Waals surface area (Å²) in [5, 5.41) is 77.3. The summed E-state index contributed by atoms with van der Waals surface area (Å²) in [6.45, 7) is 0. The Labute approximate surface area is 198 Å². The first kappa shape index (κ1) is 22.0. The molecule has 16 heteroatoms. The molecule has 0 saturated heterocycles. The minimum atomic E-state index is -0.236. The summed E-state index contributed by atoms with van der Waals surface area (Å²) in [4.78, 5) is 13.5. The fourth-order valence-corrected chi connectivity index (χ4v) is 3.30. The molecule has 0 unspecified atom stereocenters. The zero-order valence-electron chi connectivity index (χ0n) is 17.8. The SMILES string of the molecule is O=Nc1c2[nH]n(N=Cc3ccc(O)cc3O)nc-2c(=NO)c2nn(N=Cc3ccc(O)cc3O)nc12. The van der Waals surface area contributed by atoms with Crippen molar-refractivity contribution in [2.24, 2.45) is 20.5 Å². The van der Waals surface area contributed by atoms with Gasteiger partial charge in [0.25, 0.3) is 0 Å². The summed E-state index contributed by atoms with van der Waals surface area (Å²) in [5.74, 6) is -0.723. The second-order valence-corrected chi connectivity index (χ2v) is 7.25. The topological polar surface area (TPSA) is 232 Å². The number of hydrogen-bond donors (Lipinski definition) is 6. The molecular formula is C20H14N10O6. The highest BCUT2D eigenvalue weighted by molar-refractivity contribution is 5.95. The Bertz CT molecular complexity index is 1670. The van der Waals surface area contributed by atoms with Gasteiger partial charge in [0.05, 0.1) is 12.4 Å². The van der Waals surface area contributed by atoms with E-state index in [2.05, 4.69) is 40.9 Å². The molecule has 1 aromatic heterocycles. The van der Waals surface area contributed by atoms with Gasteiger partial charge in [-0.3, -0.25) is 5.10 Å². The second-order valence-electron chi connectivity index (χ2n) is 7.25. The highest BCUT2D eigenvalue weighted by atomic mass is 16.4. The number of aromatic hydroxyl groups is 4. The van der Waals surface area contributed by atoms with Gasteiger partial charge in [0.15, 0.2) is 11.0 Å². The summed E-state index contributed by atoms with van der Waals surface area (Å²) in [6, 6.07) is 7.79. The normalized spacial score (nSPS) is 12.5. The van der Waals surface area contributed by atoms with Crippen molar-refractivity contribution in [2.45, 2.75) is 0 Å². The standard InChI is InChI=1S/C20H14N10O6/c31-11-3-1-9(13(33)5-11)7-21-29-23-15-16(24-29)20(28-36)18-17(19(15)27-35)25-30(26-18)22-8-10-2-4-12(32)6-14(10)34/h1-8,23,31-34,36H. The largest absolute Gasteiger partial charge is 0.508 e. The molecule has 0 spiro atoms. The predicted molar refractivity (Wildman–Crippen MR) is 123 cm³/mol. The summed E-state index contributed by atoms with van der Waals surface area (Å²) in [5.41, 5.74) is 0.210. The lowest BCUT2D eigenvalue weighted by Gasteiger charge is -1.98. The maximum absolute atomic E-state index is 11.7. The van der Waals surface area contributed by atoms with Crippen LogP contribution in [-0.4, -0.2) is 68.3 Å². The molecule has 0 atom stereocenters. The smallest absolute Gasteiger partial charge is 0.165 e. The first-order valence-electron chi connectivity index (χ1n) is 9.94. The third-order valence-corrected chi connectivity index (χ3v) is 4.98. The summed E-state index contributed by atoms with van der Waals surface area (Å²) < 4.78 is 0. The fraction of sp³-hybridized carbons (Fsp3) is 0. The van der Waals surface area contributed by atoms with E-state index in [1.54, 1.807) is 0 Å². The first-order chi connectivity index (χ1) is 17.4. The highest BCUT2D eigenvalue weighted by Gasteiger charge is 2.25. The van der Waals surface area contributed by atoms with Gasteiger partial charge in [0.2, 0.25) is 0 Å². The Morgan fingerprint density at radius 3 is 2.03 bits per heavy atom.